The highest BCUT2D eigenvalue weighted by molar-refractivity contribution is 7.99. The first-order valence-corrected chi connectivity index (χ1v) is 7.74. The summed E-state index contributed by atoms with van der Waals surface area (Å²) in [6, 6.07) is -1.28. The lowest BCUT2D eigenvalue weighted by Crippen LogP contribution is -2.53. The van der Waals surface area contributed by atoms with E-state index >= 15 is 0 Å². The van der Waals surface area contributed by atoms with Crippen molar-refractivity contribution >= 4 is 23.8 Å². The average Bonchev–Trinajstić information content (AvgIpc) is 2.33. The smallest absolute Gasteiger partial charge is 0.326 e. The molecule has 6 heteroatoms. The third-order valence-corrected chi connectivity index (χ3v) is 4.55. The zero-order chi connectivity index (χ0) is 14.5. The van der Waals surface area contributed by atoms with Crippen LogP contribution in [0.5, 0.6) is 0 Å². The summed E-state index contributed by atoms with van der Waals surface area (Å²) < 4.78 is 0. The van der Waals surface area contributed by atoms with Gasteiger partial charge in [0.05, 0.1) is 0 Å². The quantitative estimate of drug-likeness (QED) is 0.740. The molecule has 0 bridgehead atoms. The number of hydrogen-bond acceptors (Lipinski definition) is 3. The maximum atomic E-state index is 11.8. The lowest BCUT2D eigenvalue weighted by molar-refractivity contribution is -0.141. The van der Waals surface area contributed by atoms with Gasteiger partial charge in [-0.1, -0.05) is 27.2 Å². The second-order valence-electron chi connectivity index (χ2n) is 5.98. The summed E-state index contributed by atoms with van der Waals surface area (Å²) in [4.78, 5) is 22.9. The van der Waals surface area contributed by atoms with Crippen LogP contribution in [0, 0.1) is 5.41 Å². The first-order valence-electron chi connectivity index (χ1n) is 6.69. The molecule has 5 nitrogen and oxygen atoms in total. The number of rotatable bonds is 4. The molecule has 1 fully saturated rings. The van der Waals surface area contributed by atoms with Crippen LogP contribution in [0.4, 0.5) is 4.79 Å². The SMILES string of the molecule is CC(C)(C)C(NC(=O)NCC1CCCCS1)C(=O)O. The van der Waals surface area contributed by atoms with Crippen molar-refractivity contribution in [2.75, 3.05) is 12.3 Å². The number of aliphatic carboxylic acids is 1. The van der Waals surface area contributed by atoms with Gasteiger partial charge in [-0.15, -0.1) is 0 Å². The number of carboxylic acid groups (broad SMARTS) is 1. The molecule has 0 aromatic carbocycles. The molecule has 0 saturated carbocycles. The van der Waals surface area contributed by atoms with Crippen molar-refractivity contribution in [1.82, 2.24) is 10.6 Å². The topological polar surface area (TPSA) is 78.4 Å². The maximum absolute atomic E-state index is 11.8. The Hall–Kier alpha value is -0.910. The Labute approximate surface area is 118 Å². The Kier molecular flexibility index (Phi) is 5.97. The Morgan fingerprint density at radius 2 is 2.05 bits per heavy atom. The van der Waals surface area contributed by atoms with Crippen LogP contribution < -0.4 is 10.6 Å². The van der Waals surface area contributed by atoms with Gasteiger partial charge in [0.25, 0.3) is 0 Å². The highest BCUT2D eigenvalue weighted by atomic mass is 32.2. The first-order chi connectivity index (χ1) is 8.80. The number of nitrogens with one attached hydrogen (secondary N) is 2. The molecular weight excluding hydrogens is 264 g/mol. The molecule has 1 aliphatic heterocycles. The molecule has 1 rings (SSSR count). The Morgan fingerprint density at radius 3 is 2.53 bits per heavy atom. The van der Waals surface area contributed by atoms with Crippen LogP contribution in [0.25, 0.3) is 0 Å². The molecule has 2 unspecified atom stereocenters. The van der Waals surface area contributed by atoms with E-state index in [4.69, 9.17) is 5.11 Å². The van der Waals surface area contributed by atoms with Crippen molar-refractivity contribution in [2.45, 2.75) is 51.3 Å². The molecule has 0 aromatic rings. The van der Waals surface area contributed by atoms with Crippen LogP contribution >= 0.6 is 11.8 Å². The predicted octanol–water partition coefficient (Wildman–Crippen LogP) is 2.07. The molecule has 0 radical (unpaired) electrons. The molecular formula is C13H24N2O3S. The summed E-state index contributed by atoms with van der Waals surface area (Å²) in [6.45, 7) is 5.99. The second kappa shape index (κ2) is 7.03. The molecule has 2 atom stereocenters. The molecule has 110 valence electrons. The zero-order valence-electron chi connectivity index (χ0n) is 11.9. The number of carboxylic acids is 1. The fourth-order valence-corrected chi connectivity index (χ4v) is 3.24. The summed E-state index contributed by atoms with van der Waals surface area (Å²) in [6.07, 6.45) is 3.58. The summed E-state index contributed by atoms with van der Waals surface area (Å²) in [5, 5.41) is 14.9. The standard InChI is InChI=1S/C13H24N2O3S/c1-13(2,3)10(11(16)17)15-12(18)14-8-9-6-4-5-7-19-9/h9-10H,4-8H2,1-3H3,(H,16,17)(H2,14,15,18). The molecule has 3 N–H and O–H groups in total. The van der Waals surface area contributed by atoms with Gasteiger partial charge in [0.1, 0.15) is 6.04 Å². The van der Waals surface area contributed by atoms with E-state index in [0.29, 0.717) is 11.8 Å². The van der Waals surface area contributed by atoms with Crippen LogP contribution in [0.2, 0.25) is 0 Å². The minimum Gasteiger partial charge on any atom is -0.480 e. The van der Waals surface area contributed by atoms with Gasteiger partial charge >= 0.3 is 12.0 Å². The largest absolute Gasteiger partial charge is 0.480 e. The van der Waals surface area contributed by atoms with Gasteiger partial charge in [-0.2, -0.15) is 11.8 Å². The number of carbonyl (C=O) groups is 2. The Morgan fingerprint density at radius 1 is 1.37 bits per heavy atom. The molecule has 0 aromatic heterocycles. The van der Waals surface area contributed by atoms with E-state index in [0.717, 1.165) is 12.2 Å². The fraction of sp³-hybridized carbons (Fsp3) is 0.846. The molecule has 1 heterocycles. The Bertz CT molecular complexity index is 322. The second-order valence-corrected chi connectivity index (χ2v) is 7.39. The van der Waals surface area contributed by atoms with E-state index in [1.165, 1.54) is 12.8 Å². The molecule has 1 aliphatic rings. The predicted molar refractivity (Wildman–Crippen MR) is 77.5 cm³/mol. The first kappa shape index (κ1) is 16.1. The fourth-order valence-electron chi connectivity index (χ4n) is 2.01. The Balaban J connectivity index is 2.38. The van der Waals surface area contributed by atoms with Gasteiger partial charge in [0.15, 0.2) is 0 Å². The lowest BCUT2D eigenvalue weighted by atomic mass is 9.87. The van der Waals surface area contributed by atoms with Gasteiger partial charge < -0.3 is 15.7 Å². The maximum Gasteiger partial charge on any atom is 0.326 e. The minimum atomic E-state index is -1.00. The number of amides is 2. The summed E-state index contributed by atoms with van der Waals surface area (Å²) in [5.74, 6) is 0.142. The summed E-state index contributed by atoms with van der Waals surface area (Å²) in [7, 11) is 0. The van der Waals surface area contributed by atoms with Crippen molar-refractivity contribution in [2.24, 2.45) is 5.41 Å². The van der Waals surface area contributed by atoms with E-state index in [9.17, 15) is 9.59 Å². The average molecular weight is 288 g/mol. The summed E-state index contributed by atoms with van der Waals surface area (Å²) in [5.41, 5.74) is -0.511. The van der Waals surface area contributed by atoms with Gasteiger partial charge in [-0.25, -0.2) is 9.59 Å². The van der Waals surface area contributed by atoms with Crippen molar-refractivity contribution < 1.29 is 14.7 Å². The normalized spacial score (nSPS) is 21.5. The molecule has 19 heavy (non-hydrogen) atoms. The monoisotopic (exact) mass is 288 g/mol. The van der Waals surface area contributed by atoms with Crippen LogP contribution in [-0.4, -0.2) is 40.7 Å². The van der Waals surface area contributed by atoms with Gasteiger partial charge in [0.2, 0.25) is 0 Å². The number of urea groups is 1. The molecule has 0 aliphatic carbocycles. The molecule has 1 saturated heterocycles. The van der Waals surface area contributed by atoms with Crippen molar-refractivity contribution in [3.05, 3.63) is 0 Å². The van der Waals surface area contributed by atoms with Crippen molar-refractivity contribution in [3.63, 3.8) is 0 Å². The van der Waals surface area contributed by atoms with Crippen LogP contribution in [-0.2, 0) is 4.79 Å². The minimum absolute atomic E-state index is 0.395. The third-order valence-electron chi connectivity index (χ3n) is 3.15. The van der Waals surface area contributed by atoms with E-state index in [2.05, 4.69) is 10.6 Å². The zero-order valence-corrected chi connectivity index (χ0v) is 12.7. The van der Waals surface area contributed by atoms with E-state index in [1.54, 1.807) is 20.8 Å². The highest BCUT2D eigenvalue weighted by Crippen LogP contribution is 2.24. The lowest BCUT2D eigenvalue weighted by Gasteiger charge is -2.28. The van der Waals surface area contributed by atoms with E-state index in [-0.39, 0.29) is 0 Å². The van der Waals surface area contributed by atoms with Gasteiger partial charge in [-0.3, -0.25) is 0 Å². The van der Waals surface area contributed by atoms with Crippen molar-refractivity contribution in [1.29, 1.82) is 0 Å². The third kappa shape index (κ3) is 5.72. The van der Waals surface area contributed by atoms with E-state index in [1.807, 2.05) is 11.8 Å². The molecule has 0 spiro atoms. The number of carbonyl (C=O) groups excluding carboxylic acids is 1. The highest BCUT2D eigenvalue weighted by Gasteiger charge is 2.32. The summed E-state index contributed by atoms with van der Waals surface area (Å²) >= 11 is 1.88. The van der Waals surface area contributed by atoms with Gasteiger partial charge in [0, 0.05) is 11.8 Å². The van der Waals surface area contributed by atoms with Crippen LogP contribution in [0.1, 0.15) is 40.0 Å². The van der Waals surface area contributed by atoms with Crippen LogP contribution in [0.15, 0.2) is 0 Å². The van der Waals surface area contributed by atoms with Crippen molar-refractivity contribution in [3.8, 4) is 0 Å². The van der Waals surface area contributed by atoms with E-state index < -0.39 is 23.5 Å². The number of thioether (sulfide) groups is 1. The van der Waals surface area contributed by atoms with Gasteiger partial charge in [-0.05, 0) is 24.0 Å². The van der Waals surface area contributed by atoms with Crippen LogP contribution in [0.3, 0.4) is 0 Å². The number of hydrogen-bond donors (Lipinski definition) is 3. The molecule has 2 amide bonds.